The fourth-order valence-corrected chi connectivity index (χ4v) is 2.29. The first kappa shape index (κ1) is 16.3. The van der Waals surface area contributed by atoms with E-state index < -0.39 is 5.41 Å². The van der Waals surface area contributed by atoms with Crippen LogP contribution in [0.4, 0.5) is 0 Å². The fourth-order valence-electron chi connectivity index (χ4n) is 1.82. The zero-order valence-electron chi connectivity index (χ0n) is 11.5. The summed E-state index contributed by atoms with van der Waals surface area (Å²) in [5.41, 5.74) is 6.06. The first-order valence-corrected chi connectivity index (χ1v) is 6.99. The number of nitrogens with two attached hydrogens (primary N) is 1. The summed E-state index contributed by atoms with van der Waals surface area (Å²) in [6, 6.07) is 5.28. The summed E-state index contributed by atoms with van der Waals surface area (Å²) in [4.78, 5) is 14.0. The number of hydrogen-bond donors (Lipinski definition) is 1. The molecule has 0 aliphatic rings. The van der Waals surface area contributed by atoms with E-state index in [2.05, 4.69) is 0 Å². The van der Waals surface area contributed by atoms with Crippen molar-refractivity contribution in [2.75, 3.05) is 13.6 Å². The molecule has 1 unspecified atom stereocenters. The average Bonchev–Trinajstić information content (AvgIpc) is 2.40. The molecule has 0 aromatic heterocycles. The maximum absolute atomic E-state index is 12.4. The average molecular weight is 303 g/mol. The Bertz CT molecular complexity index is 459. The molecule has 1 atom stereocenters. The first-order chi connectivity index (χ1) is 8.84. The summed E-state index contributed by atoms with van der Waals surface area (Å²) in [5.74, 6) is 0.0310. The van der Waals surface area contributed by atoms with E-state index in [-0.39, 0.29) is 5.91 Å². The Kier molecular flexibility index (Phi) is 5.65. The lowest BCUT2D eigenvalue weighted by Gasteiger charge is -2.30. The Labute approximate surface area is 124 Å². The lowest BCUT2D eigenvalue weighted by Crippen LogP contribution is -2.44. The van der Waals surface area contributed by atoms with Gasteiger partial charge >= 0.3 is 0 Å². The predicted molar refractivity (Wildman–Crippen MR) is 80.4 cm³/mol. The number of nitrogens with zero attached hydrogens (tertiary/aromatic N) is 1. The smallest absolute Gasteiger partial charge is 0.229 e. The zero-order chi connectivity index (χ0) is 14.6. The minimum absolute atomic E-state index is 0.0310. The highest BCUT2D eigenvalue weighted by atomic mass is 35.5. The minimum atomic E-state index is -0.520. The van der Waals surface area contributed by atoms with Gasteiger partial charge in [-0.3, -0.25) is 4.79 Å². The van der Waals surface area contributed by atoms with E-state index in [1.54, 1.807) is 24.1 Å². The van der Waals surface area contributed by atoms with E-state index in [0.717, 1.165) is 5.56 Å². The maximum Gasteiger partial charge on any atom is 0.229 e. The van der Waals surface area contributed by atoms with Gasteiger partial charge in [-0.05, 0) is 31.0 Å². The van der Waals surface area contributed by atoms with Crippen LogP contribution in [0.5, 0.6) is 0 Å². The van der Waals surface area contributed by atoms with Crippen LogP contribution < -0.4 is 5.73 Å². The molecule has 0 saturated heterocycles. The van der Waals surface area contributed by atoms with Gasteiger partial charge in [-0.2, -0.15) is 0 Å². The minimum Gasteiger partial charge on any atom is -0.341 e. The van der Waals surface area contributed by atoms with Crippen LogP contribution >= 0.6 is 23.2 Å². The van der Waals surface area contributed by atoms with Crippen molar-refractivity contribution in [3.05, 3.63) is 33.8 Å². The number of hydrogen-bond acceptors (Lipinski definition) is 2. The van der Waals surface area contributed by atoms with E-state index in [1.165, 1.54) is 0 Å². The molecule has 0 aliphatic heterocycles. The van der Waals surface area contributed by atoms with E-state index in [9.17, 15) is 4.79 Å². The van der Waals surface area contributed by atoms with Crippen molar-refractivity contribution < 1.29 is 4.79 Å². The van der Waals surface area contributed by atoms with E-state index in [0.29, 0.717) is 29.6 Å². The molecule has 0 aliphatic carbocycles. The predicted octanol–water partition coefficient (Wildman–Crippen LogP) is 3.33. The van der Waals surface area contributed by atoms with Crippen molar-refractivity contribution in [1.29, 1.82) is 0 Å². The molecule has 0 fully saturated rings. The molecule has 2 N–H and O–H groups in total. The Morgan fingerprint density at radius 2 is 2.05 bits per heavy atom. The molecule has 3 nitrogen and oxygen atoms in total. The quantitative estimate of drug-likeness (QED) is 0.907. The fraction of sp³-hybridized carbons (Fsp3) is 0.500. The lowest BCUT2D eigenvalue weighted by atomic mass is 9.86. The van der Waals surface area contributed by atoms with Crippen LogP contribution in [0, 0.1) is 5.41 Å². The van der Waals surface area contributed by atoms with Gasteiger partial charge in [-0.1, -0.05) is 36.2 Å². The molecule has 0 heterocycles. The van der Waals surface area contributed by atoms with Gasteiger partial charge in [0.25, 0.3) is 0 Å². The number of benzene rings is 1. The monoisotopic (exact) mass is 302 g/mol. The normalized spacial score (nSPS) is 14.0. The third kappa shape index (κ3) is 3.85. The van der Waals surface area contributed by atoms with Crippen molar-refractivity contribution >= 4 is 29.1 Å². The third-order valence-corrected chi connectivity index (χ3v) is 4.10. The highest BCUT2D eigenvalue weighted by Gasteiger charge is 2.32. The summed E-state index contributed by atoms with van der Waals surface area (Å²) in [7, 11) is 1.76. The molecule has 5 heteroatoms. The van der Waals surface area contributed by atoms with E-state index in [4.69, 9.17) is 28.9 Å². The van der Waals surface area contributed by atoms with Crippen LogP contribution in [-0.2, 0) is 11.3 Å². The first-order valence-electron chi connectivity index (χ1n) is 6.23. The summed E-state index contributed by atoms with van der Waals surface area (Å²) in [6.45, 7) is 4.63. The molecule has 1 amide bonds. The highest BCUT2D eigenvalue weighted by molar-refractivity contribution is 6.35. The third-order valence-electron chi connectivity index (χ3n) is 3.52. The molecule has 106 valence electrons. The Hall–Kier alpha value is -0.770. The molecule has 1 rings (SSSR count). The number of halogens is 2. The number of carbonyl (C=O) groups excluding carboxylic acids is 1. The second-order valence-corrected chi connectivity index (χ2v) is 5.86. The van der Waals surface area contributed by atoms with Crippen LogP contribution in [0.15, 0.2) is 18.2 Å². The van der Waals surface area contributed by atoms with Crippen LogP contribution in [0.25, 0.3) is 0 Å². The lowest BCUT2D eigenvalue weighted by molar-refractivity contribution is -0.140. The van der Waals surface area contributed by atoms with Crippen molar-refractivity contribution in [2.24, 2.45) is 11.1 Å². The largest absolute Gasteiger partial charge is 0.341 e. The maximum atomic E-state index is 12.4. The molecule has 0 spiro atoms. The van der Waals surface area contributed by atoms with Crippen LogP contribution in [0.1, 0.15) is 25.8 Å². The summed E-state index contributed by atoms with van der Waals surface area (Å²) < 4.78 is 0. The second kappa shape index (κ2) is 6.60. The molecule has 19 heavy (non-hydrogen) atoms. The van der Waals surface area contributed by atoms with Gasteiger partial charge in [0.2, 0.25) is 5.91 Å². The van der Waals surface area contributed by atoms with Crippen LogP contribution in [-0.4, -0.2) is 24.4 Å². The Morgan fingerprint density at radius 3 is 2.53 bits per heavy atom. The summed E-state index contributed by atoms with van der Waals surface area (Å²) in [5, 5.41) is 1.15. The van der Waals surface area contributed by atoms with Crippen molar-refractivity contribution in [2.45, 2.75) is 26.8 Å². The highest BCUT2D eigenvalue weighted by Crippen LogP contribution is 2.26. The molecule has 0 radical (unpaired) electrons. The van der Waals surface area contributed by atoms with Crippen molar-refractivity contribution in [1.82, 2.24) is 4.90 Å². The Morgan fingerprint density at radius 1 is 1.42 bits per heavy atom. The van der Waals surface area contributed by atoms with E-state index in [1.807, 2.05) is 19.9 Å². The van der Waals surface area contributed by atoms with Gasteiger partial charge < -0.3 is 10.6 Å². The molecule has 1 aromatic carbocycles. The standard InChI is InChI=1S/C14H20Cl2N2O/c1-4-14(2,9-17)13(19)18(3)8-10-5-6-11(15)7-12(10)16/h5-7H,4,8-9,17H2,1-3H3. The number of amides is 1. The SMILES string of the molecule is CCC(C)(CN)C(=O)N(C)Cc1ccc(Cl)cc1Cl. The molecule has 0 saturated carbocycles. The topological polar surface area (TPSA) is 46.3 Å². The zero-order valence-corrected chi connectivity index (χ0v) is 13.1. The van der Waals surface area contributed by atoms with Crippen molar-refractivity contribution in [3.8, 4) is 0 Å². The van der Waals surface area contributed by atoms with E-state index >= 15 is 0 Å². The van der Waals surface area contributed by atoms with Crippen LogP contribution in [0.2, 0.25) is 10.0 Å². The molecular weight excluding hydrogens is 283 g/mol. The molecular formula is C14H20Cl2N2O. The Balaban J connectivity index is 2.85. The van der Waals surface area contributed by atoms with Gasteiger partial charge in [0.15, 0.2) is 0 Å². The van der Waals surface area contributed by atoms with Crippen LogP contribution in [0.3, 0.4) is 0 Å². The van der Waals surface area contributed by atoms with Gasteiger partial charge in [0.05, 0.1) is 5.41 Å². The summed E-state index contributed by atoms with van der Waals surface area (Å²) in [6.07, 6.45) is 0.709. The molecule has 0 bridgehead atoms. The van der Waals surface area contributed by atoms with Gasteiger partial charge in [0.1, 0.15) is 0 Å². The summed E-state index contributed by atoms with van der Waals surface area (Å²) >= 11 is 12.0. The van der Waals surface area contributed by atoms with Gasteiger partial charge in [-0.25, -0.2) is 0 Å². The van der Waals surface area contributed by atoms with Gasteiger partial charge in [0, 0.05) is 30.2 Å². The molecule has 1 aromatic rings. The van der Waals surface area contributed by atoms with Crippen molar-refractivity contribution in [3.63, 3.8) is 0 Å². The van der Waals surface area contributed by atoms with Gasteiger partial charge in [-0.15, -0.1) is 0 Å². The number of rotatable bonds is 5. The second-order valence-electron chi connectivity index (χ2n) is 5.02. The number of carbonyl (C=O) groups is 1.